The minimum absolute atomic E-state index is 0.250. The molecular weight excluding hydrogens is 255 g/mol. The maximum absolute atomic E-state index is 13.0. The molecule has 0 saturated heterocycles. The molecule has 3 rings (SSSR count). The van der Waals surface area contributed by atoms with E-state index in [0.29, 0.717) is 12.4 Å². The maximum atomic E-state index is 13.0. The van der Waals surface area contributed by atoms with Gasteiger partial charge in [-0.15, -0.1) is 0 Å². The Bertz CT molecular complexity index is 732. The number of rotatable bonds is 3. The summed E-state index contributed by atoms with van der Waals surface area (Å²) in [6, 6.07) is 14.1. The lowest BCUT2D eigenvalue weighted by atomic mass is 10.2. The molecule has 1 aromatic heterocycles. The van der Waals surface area contributed by atoms with Gasteiger partial charge < -0.3 is 9.67 Å². The number of benzene rings is 2. The van der Waals surface area contributed by atoms with Crippen molar-refractivity contribution in [3.05, 3.63) is 65.7 Å². The van der Waals surface area contributed by atoms with Crippen LogP contribution in [0.2, 0.25) is 0 Å². The normalized spacial score (nSPS) is 12.8. The summed E-state index contributed by atoms with van der Waals surface area (Å²) in [6.07, 6.45) is -0.650. The molecule has 4 heteroatoms. The predicted molar refractivity (Wildman–Crippen MR) is 75.9 cm³/mol. The van der Waals surface area contributed by atoms with Crippen molar-refractivity contribution in [1.29, 1.82) is 0 Å². The minimum atomic E-state index is -0.650. The van der Waals surface area contributed by atoms with Gasteiger partial charge in [-0.3, -0.25) is 0 Å². The molecular formula is C16H15FN2O. The Labute approximate surface area is 116 Å². The lowest BCUT2D eigenvalue weighted by molar-refractivity contribution is 0.185. The average molecular weight is 270 g/mol. The fourth-order valence-corrected chi connectivity index (χ4v) is 2.35. The number of aromatic nitrogens is 2. The zero-order valence-electron chi connectivity index (χ0n) is 11.1. The van der Waals surface area contributed by atoms with Crippen LogP contribution in [0.15, 0.2) is 48.5 Å². The van der Waals surface area contributed by atoms with E-state index in [-0.39, 0.29) is 5.82 Å². The average Bonchev–Trinajstić information content (AvgIpc) is 2.81. The minimum Gasteiger partial charge on any atom is -0.385 e. The van der Waals surface area contributed by atoms with E-state index < -0.39 is 6.10 Å². The first-order chi connectivity index (χ1) is 9.65. The van der Waals surface area contributed by atoms with E-state index in [1.165, 1.54) is 12.1 Å². The highest BCUT2D eigenvalue weighted by Gasteiger charge is 2.14. The van der Waals surface area contributed by atoms with E-state index in [1.54, 1.807) is 19.1 Å². The largest absolute Gasteiger partial charge is 0.385 e. The molecule has 102 valence electrons. The summed E-state index contributed by atoms with van der Waals surface area (Å²) >= 11 is 0. The van der Waals surface area contributed by atoms with Crippen molar-refractivity contribution >= 4 is 11.0 Å². The van der Waals surface area contributed by atoms with E-state index >= 15 is 0 Å². The van der Waals surface area contributed by atoms with Crippen molar-refractivity contribution in [2.75, 3.05) is 0 Å². The van der Waals surface area contributed by atoms with Crippen LogP contribution in [0.3, 0.4) is 0 Å². The Hall–Kier alpha value is -2.20. The van der Waals surface area contributed by atoms with E-state index in [4.69, 9.17) is 0 Å². The zero-order chi connectivity index (χ0) is 14.1. The third-order valence-electron chi connectivity index (χ3n) is 3.31. The van der Waals surface area contributed by atoms with Crippen LogP contribution in [0.4, 0.5) is 4.39 Å². The Balaban J connectivity index is 2.09. The van der Waals surface area contributed by atoms with Gasteiger partial charge in [0.05, 0.1) is 11.0 Å². The van der Waals surface area contributed by atoms with Crippen molar-refractivity contribution < 1.29 is 9.50 Å². The van der Waals surface area contributed by atoms with Crippen LogP contribution in [0.5, 0.6) is 0 Å². The van der Waals surface area contributed by atoms with Crippen molar-refractivity contribution in [3.63, 3.8) is 0 Å². The van der Waals surface area contributed by atoms with Gasteiger partial charge in [0.1, 0.15) is 17.7 Å². The topological polar surface area (TPSA) is 38.1 Å². The summed E-state index contributed by atoms with van der Waals surface area (Å²) < 4.78 is 14.9. The summed E-state index contributed by atoms with van der Waals surface area (Å²) in [5, 5.41) is 9.88. The molecule has 20 heavy (non-hydrogen) atoms. The Morgan fingerprint density at radius 2 is 1.85 bits per heavy atom. The first-order valence-corrected chi connectivity index (χ1v) is 6.53. The number of nitrogens with zero attached hydrogens (tertiary/aromatic N) is 2. The summed E-state index contributed by atoms with van der Waals surface area (Å²) in [5.41, 5.74) is 2.79. The quantitative estimate of drug-likeness (QED) is 0.793. The highest BCUT2D eigenvalue weighted by molar-refractivity contribution is 5.76. The van der Waals surface area contributed by atoms with E-state index in [9.17, 15) is 9.50 Å². The van der Waals surface area contributed by atoms with Crippen LogP contribution in [0.1, 0.15) is 24.4 Å². The van der Waals surface area contributed by atoms with Crippen LogP contribution in [0, 0.1) is 5.82 Å². The second kappa shape index (κ2) is 5.06. The molecule has 3 nitrogen and oxygen atoms in total. The van der Waals surface area contributed by atoms with Gasteiger partial charge in [0.25, 0.3) is 0 Å². The summed E-state index contributed by atoms with van der Waals surface area (Å²) in [7, 11) is 0. The second-order valence-electron chi connectivity index (χ2n) is 4.85. The molecule has 0 aliphatic rings. The molecule has 0 spiro atoms. The van der Waals surface area contributed by atoms with Gasteiger partial charge >= 0.3 is 0 Å². The van der Waals surface area contributed by atoms with E-state index in [0.717, 1.165) is 16.6 Å². The number of fused-ring (bicyclic) bond motifs is 1. The van der Waals surface area contributed by atoms with Crippen molar-refractivity contribution in [1.82, 2.24) is 9.55 Å². The highest BCUT2D eigenvalue weighted by Crippen LogP contribution is 2.22. The molecule has 1 atom stereocenters. The molecule has 0 aliphatic heterocycles. The van der Waals surface area contributed by atoms with E-state index in [2.05, 4.69) is 4.98 Å². The molecule has 0 unspecified atom stereocenters. The molecule has 0 amide bonds. The molecule has 0 fully saturated rings. The lowest BCUT2D eigenvalue weighted by Gasteiger charge is -2.11. The van der Waals surface area contributed by atoms with Gasteiger partial charge in [-0.1, -0.05) is 24.3 Å². The first kappa shape index (κ1) is 12.8. The molecule has 1 heterocycles. The molecule has 0 radical (unpaired) electrons. The Morgan fingerprint density at radius 1 is 1.15 bits per heavy atom. The maximum Gasteiger partial charge on any atom is 0.138 e. The second-order valence-corrected chi connectivity index (χ2v) is 4.85. The number of hydrogen-bond acceptors (Lipinski definition) is 2. The SMILES string of the molecule is C[C@H](O)c1nc2ccccc2n1Cc1ccc(F)cc1. The van der Waals surface area contributed by atoms with Crippen LogP contribution in [0.25, 0.3) is 11.0 Å². The first-order valence-electron chi connectivity index (χ1n) is 6.53. The summed E-state index contributed by atoms with van der Waals surface area (Å²) in [6.45, 7) is 2.25. The smallest absolute Gasteiger partial charge is 0.138 e. The zero-order valence-corrected chi connectivity index (χ0v) is 11.1. The van der Waals surface area contributed by atoms with Crippen LogP contribution in [-0.2, 0) is 6.54 Å². The number of imidazole rings is 1. The van der Waals surface area contributed by atoms with Gasteiger partial charge in [0.15, 0.2) is 0 Å². The van der Waals surface area contributed by atoms with Crippen LogP contribution < -0.4 is 0 Å². The lowest BCUT2D eigenvalue weighted by Crippen LogP contribution is -2.07. The number of para-hydroxylation sites is 2. The molecule has 0 bridgehead atoms. The van der Waals surface area contributed by atoms with Gasteiger partial charge in [-0.2, -0.15) is 0 Å². The van der Waals surface area contributed by atoms with Crippen LogP contribution >= 0.6 is 0 Å². The summed E-state index contributed by atoms with van der Waals surface area (Å²) in [4.78, 5) is 4.46. The molecule has 3 aromatic rings. The van der Waals surface area contributed by atoms with Gasteiger partial charge in [-0.25, -0.2) is 9.37 Å². The van der Waals surface area contributed by atoms with E-state index in [1.807, 2.05) is 28.8 Å². The van der Waals surface area contributed by atoms with Crippen molar-refractivity contribution in [2.45, 2.75) is 19.6 Å². The Morgan fingerprint density at radius 3 is 2.55 bits per heavy atom. The monoisotopic (exact) mass is 270 g/mol. The third kappa shape index (κ3) is 2.30. The van der Waals surface area contributed by atoms with Gasteiger partial charge in [0.2, 0.25) is 0 Å². The fraction of sp³-hybridized carbons (Fsp3) is 0.188. The number of halogens is 1. The van der Waals surface area contributed by atoms with Gasteiger partial charge in [-0.05, 0) is 36.8 Å². The third-order valence-corrected chi connectivity index (χ3v) is 3.31. The molecule has 0 saturated carbocycles. The molecule has 1 N–H and O–H groups in total. The number of aliphatic hydroxyl groups excluding tert-OH is 1. The highest BCUT2D eigenvalue weighted by atomic mass is 19.1. The molecule has 2 aromatic carbocycles. The fourth-order valence-electron chi connectivity index (χ4n) is 2.35. The van der Waals surface area contributed by atoms with Crippen molar-refractivity contribution in [3.8, 4) is 0 Å². The molecule has 0 aliphatic carbocycles. The van der Waals surface area contributed by atoms with Gasteiger partial charge in [0, 0.05) is 6.54 Å². The van der Waals surface area contributed by atoms with Crippen LogP contribution in [-0.4, -0.2) is 14.7 Å². The number of hydrogen-bond donors (Lipinski definition) is 1. The standard InChI is InChI=1S/C16H15FN2O/c1-11(20)16-18-14-4-2-3-5-15(14)19(16)10-12-6-8-13(17)9-7-12/h2-9,11,20H,10H2,1H3/t11-/m0/s1. The summed E-state index contributed by atoms with van der Waals surface area (Å²) in [5.74, 6) is 0.371. The Kier molecular flexibility index (Phi) is 3.24. The predicted octanol–water partition coefficient (Wildman–Crippen LogP) is 3.28. The number of aliphatic hydroxyl groups is 1. The van der Waals surface area contributed by atoms with Crippen molar-refractivity contribution in [2.24, 2.45) is 0 Å².